The van der Waals surface area contributed by atoms with Gasteiger partial charge in [0.25, 0.3) is 0 Å². The fourth-order valence-corrected chi connectivity index (χ4v) is 0.952. The van der Waals surface area contributed by atoms with E-state index in [1.165, 1.54) is 4.90 Å². The van der Waals surface area contributed by atoms with Gasteiger partial charge in [-0.05, 0) is 19.1 Å². The van der Waals surface area contributed by atoms with Crippen LogP contribution in [-0.2, 0) is 0 Å². The van der Waals surface area contributed by atoms with Crippen LogP contribution < -0.4 is 9.64 Å². The molecule has 0 aromatic carbocycles. The summed E-state index contributed by atoms with van der Waals surface area (Å²) < 4.78 is 5.50. The van der Waals surface area contributed by atoms with Crippen LogP contribution >= 0.6 is 0 Å². The second-order valence-electron chi connectivity index (χ2n) is 3.10. The molecule has 1 N–H and O–H groups in total. The molecule has 13 heavy (non-hydrogen) atoms. The number of likely N-dealkylation sites (N-methyl/N-ethyl adjacent to an activating group) is 1. The van der Waals surface area contributed by atoms with Gasteiger partial charge in [-0.2, -0.15) is 0 Å². The summed E-state index contributed by atoms with van der Waals surface area (Å²) in [5.41, 5.74) is 0. The van der Waals surface area contributed by atoms with Gasteiger partial charge in [-0.25, -0.2) is 0 Å². The molecule has 1 heterocycles. The van der Waals surface area contributed by atoms with E-state index < -0.39 is 0 Å². The zero-order chi connectivity index (χ0) is 9.52. The van der Waals surface area contributed by atoms with Crippen molar-refractivity contribution in [2.45, 2.75) is 6.92 Å². The summed E-state index contributed by atoms with van der Waals surface area (Å²) >= 11 is 0. The molecule has 0 saturated heterocycles. The van der Waals surface area contributed by atoms with E-state index >= 15 is 0 Å². The minimum Gasteiger partial charge on any atom is -0.486 e. The third-order valence-electron chi connectivity index (χ3n) is 2.04. The zero-order valence-corrected chi connectivity index (χ0v) is 8.29. The summed E-state index contributed by atoms with van der Waals surface area (Å²) in [4.78, 5) is 5.45. The van der Waals surface area contributed by atoms with Gasteiger partial charge in [0.15, 0.2) is 0 Å². The maximum atomic E-state index is 5.50. The second kappa shape index (κ2) is 5.54. The van der Waals surface area contributed by atoms with Crippen molar-refractivity contribution in [3.05, 3.63) is 24.5 Å². The Hall–Kier alpha value is -1.09. The van der Waals surface area contributed by atoms with Crippen LogP contribution in [0.1, 0.15) is 6.92 Å². The van der Waals surface area contributed by atoms with E-state index in [1.807, 2.05) is 12.1 Å². The number of nitrogens with zero attached hydrogens (tertiary/aromatic N) is 1. The fourth-order valence-electron chi connectivity index (χ4n) is 0.952. The molecule has 1 aromatic rings. The molecule has 0 aliphatic carbocycles. The smallest absolute Gasteiger partial charge is 0.137 e. The predicted octanol–water partition coefficient (Wildman–Crippen LogP) is -0.00500. The lowest BCUT2D eigenvalue weighted by Gasteiger charge is -2.11. The molecule has 0 fully saturated rings. The number of nitrogens with one attached hydrogen (secondary N) is 1. The van der Waals surface area contributed by atoms with Gasteiger partial charge < -0.3 is 9.64 Å². The molecular weight excluding hydrogens is 164 g/mol. The van der Waals surface area contributed by atoms with Gasteiger partial charge >= 0.3 is 0 Å². The molecule has 0 bridgehead atoms. The third kappa shape index (κ3) is 3.90. The monoisotopic (exact) mass is 181 g/mol. The van der Waals surface area contributed by atoms with Crippen LogP contribution in [0.5, 0.6) is 5.75 Å². The third-order valence-corrected chi connectivity index (χ3v) is 2.04. The predicted molar refractivity (Wildman–Crippen MR) is 52.0 cm³/mol. The Morgan fingerprint density at radius 3 is 3.00 bits per heavy atom. The standard InChI is InChI=1S/C10H16N2O/c1-3-12(2)7-8-13-10-5-4-6-11-9-10/h4-6,9H,3,7-8H2,1-2H3/p+1. The highest BCUT2D eigenvalue weighted by molar-refractivity contribution is 5.15. The Labute approximate surface area is 79.3 Å². The second-order valence-corrected chi connectivity index (χ2v) is 3.10. The first-order valence-electron chi connectivity index (χ1n) is 4.67. The molecule has 0 amide bonds. The van der Waals surface area contributed by atoms with Crippen molar-refractivity contribution in [2.24, 2.45) is 0 Å². The minimum atomic E-state index is 0.755. The number of pyridine rings is 1. The number of hydrogen-bond acceptors (Lipinski definition) is 2. The van der Waals surface area contributed by atoms with Gasteiger partial charge in [0.2, 0.25) is 0 Å². The van der Waals surface area contributed by atoms with Crippen molar-refractivity contribution < 1.29 is 9.64 Å². The normalized spacial score (nSPS) is 12.5. The van der Waals surface area contributed by atoms with E-state index in [-0.39, 0.29) is 0 Å². The van der Waals surface area contributed by atoms with Gasteiger partial charge in [0, 0.05) is 6.20 Å². The molecule has 1 unspecified atom stereocenters. The maximum Gasteiger partial charge on any atom is 0.137 e. The van der Waals surface area contributed by atoms with Crippen molar-refractivity contribution in [3.8, 4) is 5.75 Å². The molecule has 0 saturated carbocycles. The average Bonchev–Trinajstić information content (AvgIpc) is 2.19. The molecule has 3 heteroatoms. The maximum absolute atomic E-state index is 5.50. The van der Waals surface area contributed by atoms with E-state index in [2.05, 4.69) is 19.0 Å². The SMILES string of the molecule is CC[NH+](C)CCOc1cccnc1. The van der Waals surface area contributed by atoms with Crippen LogP contribution in [0.15, 0.2) is 24.5 Å². The lowest BCUT2D eigenvalue weighted by atomic mass is 10.4. The number of quaternary nitrogens is 1. The Balaban J connectivity index is 2.20. The van der Waals surface area contributed by atoms with Crippen LogP contribution in [0.3, 0.4) is 0 Å². The molecule has 3 nitrogen and oxygen atoms in total. The summed E-state index contributed by atoms with van der Waals surface area (Å²) in [6.07, 6.45) is 3.48. The summed E-state index contributed by atoms with van der Waals surface area (Å²) in [6.45, 7) is 5.09. The molecule has 1 atom stereocenters. The average molecular weight is 181 g/mol. The first-order chi connectivity index (χ1) is 6.33. The Kier molecular flexibility index (Phi) is 4.26. The van der Waals surface area contributed by atoms with Crippen LogP contribution in [-0.4, -0.2) is 31.7 Å². The summed E-state index contributed by atoms with van der Waals surface area (Å²) in [6, 6.07) is 3.81. The highest BCUT2D eigenvalue weighted by Gasteiger charge is 1.97. The minimum absolute atomic E-state index is 0.755. The van der Waals surface area contributed by atoms with Gasteiger partial charge in [-0.1, -0.05) is 0 Å². The molecule has 72 valence electrons. The zero-order valence-electron chi connectivity index (χ0n) is 8.29. The van der Waals surface area contributed by atoms with Crippen molar-refractivity contribution in [1.82, 2.24) is 4.98 Å². The van der Waals surface area contributed by atoms with Gasteiger partial charge in [-0.15, -0.1) is 0 Å². The molecular formula is C10H17N2O+. The number of hydrogen-bond donors (Lipinski definition) is 1. The quantitative estimate of drug-likeness (QED) is 0.692. The van der Waals surface area contributed by atoms with E-state index in [4.69, 9.17) is 4.74 Å². The molecule has 0 radical (unpaired) electrons. The molecule has 1 rings (SSSR count). The highest BCUT2D eigenvalue weighted by Crippen LogP contribution is 2.04. The summed E-state index contributed by atoms with van der Waals surface area (Å²) in [5, 5.41) is 0. The van der Waals surface area contributed by atoms with Crippen molar-refractivity contribution in [2.75, 3.05) is 26.7 Å². The fraction of sp³-hybridized carbons (Fsp3) is 0.500. The van der Waals surface area contributed by atoms with Crippen LogP contribution in [0.4, 0.5) is 0 Å². The van der Waals surface area contributed by atoms with Crippen LogP contribution in [0.25, 0.3) is 0 Å². The Morgan fingerprint density at radius 1 is 1.54 bits per heavy atom. The number of ether oxygens (including phenoxy) is 1. The van der Waals surface area contributed by atoms with Crippen LogP contribution in [0, 0.1) is 0 Å². The molecule has 0 aliphatic rings. The first kappa shape index (κ1) is 9.99. The Bertz CT molecular complexity index is 226. The van der Waals surface area contributed by atoms with Gasteiger partial charge in [-0.3, -0.25) is 4.98 Å². The van der Waals surface area contributed by atoms with E-state index in [0.717, 1.165) is 25.4 Å². The molecule has 0 aliphatic heterocycles. The number of rotatable bonds is 5. The summed E-state index contributed by atoms with van der Waals surface area (Å²) in [5.74, 6) is 0.853. The number of aromatic nitrogens is 1. The lowest BCUT2D eigenvalue weighted by molar-refractivity contribution is -0.877. The largest absolute Gasteiger partial charge is 0.486 e. The summed E-state index contributed by atoms with van der Waals surface area (Å²) in [7, 11) is 2.16. The Morgan fingerprint density at radius 2 is 2.38 bits per heavy atom. The van der Waals surface area contributed by atoms with Gasteiger partial charge in [0.1, 0.15) is 18.9 Å². The topological polar surface area (TPSA) is 26.6 Å². The van der Waals surface area contributed by atoms with E-state index in [1.54, 1.807) is 12.4 Å². The van der Waals surface area contributed by atoms with Crippen LogP contribution in [0.2, 0.25) is 0 Å². The van der Waals surface area contributed by atoms with Crippen molar-refractivity contribution in [3.63, 3.8) is 0 Å². The first-order valence-corrected chi connectivity index (χ1v) is 4.67. The van der Waals surface area contributed by atoms with Crippen molar-refractivity contribution in [1.29, 1.82) is 0 Å². The molecule has 1 aromatic heterocycles. The van der Waals surface area contributed by atoms with Gasteiger partial charge in [0.05, 0.1) is 19.8 Å². The van der Waals surface area contributed by atoms with Crippen molar-refractivity contribution >= 4 is 0 Å². The molecule has 0 spiro atoms. The van der Waals surface area contributed by atoms with E-state index in [0.29, 0.717) is 0 Å². The lowest BCUT2D eigenvalue weighted by Crippen LogP contribution is -3.09. The van der Waals surface area contributed by atoms with E-state index in [9.17, 15) is 0 Å². The highest BCUT2D eigenvalue weighted by atomic mass is 16.5.